The van der Waals surface area contributed by atoms with Crippen LogP contribution in [0.2, 0.25) is 0 Å². The summed E-state index contributed by atoms with van der Waals surface area (Å²) in [6.45, 7) is 3.75. The van der Waals surface area contributed by atoms with Gasteiger partial charge < -0.3 is 11.1 Å². The van der Waals surface area contributed by atoms with Crippen LogP contribution >= 0.6 is 11.6 Å². The summed E-state index contributed by atoms with van der Waals surface area (Å²) in [5.41, 5.74) is 6.15. The molecule has 0 fully saturated rings. The Labute approximate surface area is 83.5 Å². The third-order valence-electron chi connectivity index (χ3n) is 1.36. The molecular weight excluding hydrogens is 186 g/mol. The fourth-order valence-corrected chi connectivity index (χ4v) is 0.944. The van der Waals surface area contributed by atoms with Gasteiger partial charge >= 0.3 is 0 Å². The van der Waals surface area contributed by atoms with Crippen LogP contribution in [0, 0.1) is 5.41 Å². The summed E-state index contributed by atoms with van der Waals surface area (Å²) in [5.74, 6) is 0.271. The summed E-state index contributed by atoms with van der Waals surface area (Å²) in [5, 5.41) is 7.38. The highest BCUT2D eigenvalue weighted by atomic mass is 35.5. The van der Waals surface area contributed by atoms with E-state index in [1.54, 1.807) is 19.1 Å². The van der Waals surface area contributed by atoms with Crippen molar-refractivity contribution in [3.05, 3.63) is 22.9 Å². The van der Waals surface area contributed by atoms with Gasteiger partial charge in [-0.25, -0.2) is 4.99 Å². The molecule has 0 spiro atoms. The lowest BCUT2D eigenvalue weighted by atomic mass is 10.2. The molecule has 0 saturated carbocycles. The van der Waals surface area contributed by atoms with Gasteiger partial charge in [0.15, 0.2) is 0 Å². The number of nitrogens with zero attached hydrogens (tertiary/aromatic N) is 1. The van der Waals surface area contributed by atoms with E-state index in [9.17, 15) is 0 Å². The van der Waals surface area contributed by atoms with E-state index in [4.69, 9.17) is 22.7 Å². The van der Waals surface area contributed by atoms with Crippen molar-refractivity contribution in [1.82, 2.24) is 0 Å². The number of hydrogen-bond donors (Lipinski definition) is 2. The first-order valence-electron chi connectivity index (χ1n) is 4.02. The lowest BCUT2D eigenvalue weighted by molar-refractivity contribution is 1.20. The molecule has 0 aromatic heterocycles. The number of amidine groups is 1. The molecule has 3 N–H and O–H groups in total. The molecule has 13 heavy (non-hydrogen) atoms. The van der Waals surface area contributed by atoms with Crippen LogP contribution < -0.4 is 5.73 Å². The average Bonchev–Trinajstić information content (AvgIpc) is 2.06. The van der Waals surface area contributed by atoms with Gasteiger partial charge in [0.25, 0.3) is 0 Å². The second kappa shape index (κ2) is 6.43. The van der Waals surface area contributed by atoms with Crippen LogP contribution in [0.15, 0.2) is 27.9 Å². The molecule has 0 radical (unpaired) electrons. The molecule has 0 aromatic carbocycles. The molecule has 0 aliphatic carbocycles. The van der Waals surface area contributed by atoms with Crippen LogP contribution in [0.3, 0.4) is 0 Å². The van der Waals surface area contributed by atoms with E-state index in [1.807, 2.05) is 6.92 Å². The Morgan fingerprint density at radius 1 is 1.62 bits per heavy atom. The molecule has 72 valence electrons. The highest BCUT2D eigenvalue weighted by Gasteiger charge is 1.97. The van der Waals surface area contributed by atoms with Gasteiger partial charge in [-0.15, -0.1) is 0 Å². The molecule has 0 aliphatic heterocycles. The molecule has 0 unspecified atom stereocenters. The largest absolute Gasteiger partial charge is 0.383 e. The van der Waals surface area contributed by atoms with E-state index in [1.165, 1.54) is 0 Å². The second-order valence-electron chi connectivity index (χ2n) is 2.32. The minimum atomic E-state index is 0.271. The first kappa shape index (κ1) is 11.9. The van der Waals surface area contributed by atoms with Crippen LogP contribution in [-0.2, 0) is 0 Å². The minimum Gasteiger partial charge on any atom is -0.383 e. The highest BCUT2D eigenvalue weighted by molar-refractivity contribution is 6.30. The maximum atomic E-state index is 7.02. The average molecular weight is 200 g/mol. The second-order valence-corrected chi connectivity index (χ2v) is 2.71. The maximum absolute atomic E-state index is 7.02. The Bertz CT molecular complexity index is 264. The zero-order chi connectivity index (χ0) is 10.3. The smallest absolute Gasteiger partial charge is 0.133 e. The molecule has 0 aliphatic rings. The summed E-state index contributed by atoms with van der Waals surface area (Å²) in [6, 6.07) is 0. The van der Waals surface area contributed by atoms with Crippen molar-refractivity contribution in [2.45, 2.75) is 20.3 Å². The van der Waals surface area contributed by atoms with Gasteiger partial charge in [-0.3, -0.25) is 0 Å². The quantitative estimate of drug-likeness (QED) is 0.408. The summed E-state index contributed by atoms with van der Waals surface area (Å²) in [4.78, 5) is 3.91. The van der Waals surface area contributed by atoms with Crippen LogP contribution in [-0.4, -0.2) is 12.1 Å². The van der Waals surface area contributed by atoms with E-state index >= 15 is 0 Å². The fourth-order valence-electron chi connectivity index (χ4n) is 0.699. The molecule has 0 atom stereocenters. The van der Waals surface area contributed by atoms with E-state index in [2.05, 4.69) is 4.99 Å². The normalized spacial score (nSPS) is 14.5. The summed E-state index contributed by atoms with van der Waals surface area (Å²) < 4.78 is 0. The molecule has 0 amide bonds. The van der Waals surface area contributed by atoms with Crippen molar-refractivity contribution in [2.75, 3.05) is 0 Å². The lowest BCUT2D eigenvalue weighted by Gasteiger charge is -1.98. The van der Waals surface area contributed by atoms with Gasteiger partial charge in [-0.1, -0.05) is 24.6 Å². The molecule has 4 heteroatoms. The topological polar surface area (TPSA) is 62.2 Å². The van der Waals surface area contributed by atoms with Gasteiger partial charge in [0.1, 0.15) is 11.0 Å². The Hall–Kier alpha value is -1.09. The number of halogens is 1. The van der Waals surface area contributed by atoms with Crippen molar-refractivity contribution in [1.29, 1.82) is 5.41 Å². The first-order chi connectivity index (χ1) is 6.15. The predicted octanol–water partition coefficient (Wildman–Crippen LogP) is 2.43. The Balaban J connectivity index is 4.66. The molecule has 0 rings (SSSR count). The SMILES string of the molecule is C\C=C(C=N)/C(N)=N\C(Cl)=C\CC. The van der Waals surface area contributed by atoms with Crippen LogP contribution in [0.1, 0.15) is 20.3 Å². The van der Waals surface area contributed by atoms with Crippen molar-refractivity contribution < 1.29 is 0 Å². The summed E-state index contributed by atoms with van der Waals surface area (Å²) in [7, 11) is 0. The van der Waals surface area contributed by atoms with Crippen molar-refractivity contribution in [3.63, 3.8) is 0 Å². The van der Waals surface area contributed by atoms with E-state index in [0.717, 1.165) is 12.6 Å². The first-order valence-corrected chi connectivity index (χ1v) is 4.40. The molecule has 0 heterocycles. The van der Waals surface area contributed by atoms with Gasteiger partial charge in [0.05, 0.1) is 0 Å². The molecular formula is C9H14ClN3. The summed E-state index contributed by atoms with van der Waals surface area (Å²) >= 11 is 5.73. The van der Waals surface area contributed by atoms with E-state index < -0.39 is 0 Å². The van der Waals surface area contributed by atoms with Crippen molar-refractivity contribution >= 4 is 23.7 Å². The number of nitrogens with one attached hydrogen (secondary N) is 1. The fraction of sp³-hybridized carbons (Fsp3) is 0.333. The molecule has 0 bridgehead atoms. The maximum Gasteiger partial charge on any atom is 0.133 e. The molecule has 0 aromatic rings. The number of nitrogens with two attached hydrogens (primary N) is 1. The van der Waals surface area contributed by atoms with Gasteiger partial charge in [-0.2, -0.15) is 0 Å². The van der Waals surface area contributed by atoms with E-state index in [0.29, 0.717) is 10.7 Å². The number of allylic oxidation sites excluding steroid dienone is 2. The minimum absolute atomic E-state index is 0.271. The zero-order valence-corrected chi connectivity index (χ0v) is 8.60. The van der Waals surface area contributed by atoms with E-state index in [-0.39, 0.29) is 5.84 Å². The van der Waals surface area contributed by atoms with Gasteiger partial charge in [0.2, 0.25) is 0 Å². The Morgan fingerprint density at radius 3 is 2.62 bits per heavy atom. The van der Waals surface area contributed by atoms with Crippen molar-refractivity contribution in [3.8, 4) is 0 Å². The monoisotopic (exact) mass is 199 g/mol. The number of rotatable bonds is 4. The van der Waals surface area contributed by atoms with Gasteiger partial charge in [-0.05, 0) is 19.4 Å². The van der Waals surface area contributed by atoms with Crippen molar-refractivity contribution in [2.24, 2.45) is 10.7 Å². The van der Waals surface area contributed by atoms with Gasteiger partial charge in [0, 0.05) is 11.8 Å². The van der Waals surface area contributed by atoms with Crippen LogP contribution in [0.5, 0.6) is 0 Å². The molecule has 0 saturated heterocycles. The van der Waals surface area contributed by atoms with Crippen LogP contribution in [0.25, 0.3) is 0 Å². The third kappa shape index (κ3) is 4.48. The lowest BCUT2D eigenvalue weighted by Crippen LogP contribution is -2.15. The predicted molar refractivity (Wildman–Crippen MR) is 58.4 cm³/mol. The highest BCUT2D eigenvalue weighted by Crippen LogP contribution is 2.05. The number of hydrogen-bond acceptors (Lipinski definition) is 2. The Morgan fingerprint density at radius 2 is 2.23 bits per heavy atom. The van der Waals surface area contributed by atoms with Crippen LogP contribution in [0.4, 0.5) is 0 Å². The zero-order valence-electron chi connectivity index (χ0n) is 7.84. The standard InChI is InChI=1S/C9H14ClN3/c1-3-5-8(10)13-9(12)7(4-2)6-11/h4-6,11H,3H2,1-2H3,(H2,12,13)/b7-4-,8-5+,11-6?. The number of aliphatic imine (C=N–C) groups is 1. The Kier molecular flexibility index (Phi) is 5.89. The third-order valence-corrected chi connectivity index (χ3v) is 1.60. The summed E-state index contributed by atoms with van der Waals surface area (Å²) in [6.07, 6.45) is 5.42. The molecule has 3 nitrogen and oxygen atoms in total.